The van der Waals surface area contributed by atoms with Crippen LogP contribution in [0.2, 0.25) is 0 Å². The second-order valence-electron chi connectivity index (χ2n) is 3.20. The van der Waals surface area contributed by atoms with Crippen LogP contribution in [-0.2, 0) is 6.42 Å². The van der Waals surface area contributed by atoms with Crippen LogP contribution < -0.4 is 11.2 Å². The van der Waals surface area contributed by atoms with E-state index in [0.717, 1.165) is 16.5 Å². The summed E-state index contributed by atoms with van der Waals surface area (Å²) in [6, 6.07) is 5.97. The SMILES string of the molecule is CCc1ccc2scc(N)c(=O)c2c1. The normalized spacial score (nSPS) is 10.6. The number of nitrogen functional groups attached to an aromatic ring is 1. The molecule has 0 spiro atoms. The number of aryl methyl sites for hydroxylation is 1. The average molecular weight is 205 g/mol. The molecule has 0 atom stereocenters. The molecule has 0 saturated carbocycles. The van der Waals surface area contributed by atoms with E-state index < -0.39 is 0 Å². The molecular formula is C11H11NOS. The van der Waals surface area contributed by atoms with Crippen LogP contribution in [0.25, 0.3) is 10.1 Å². The lowest BCUT2D eigenvalue weighted by molar-refractivity contribution is 1.15. The van der Waals surface area contributed by atoms with E-state index in [1.165, 1.54) is 16.9 Å². The molecule has 2 rings (SSSR count). The standard InChI is InChI=1S/C11H11NOS/c1-2-7-3-4-10-8(5-7)11(13)9(12)6-14-10/h3-6H,2,12H2,1H3. The maximum absolute atomic E-state index is 11.7. The molecule has 2 aromatic rings. The molecule has 0 aliphatic rings. The van der Waals surface area contributed by atoms with E-state index in [1.54, 1.807) is 5.38 Å². The molecule has 0 amide bonds. The molecule has 2 nitrogen and oxygen atoms in total. The van der Waals surface area contributed by atoms with Gasteiger partial charge < -0.3 is 5.73 Å². The van der Waals surface area contributed by atoms with Gasteiger partial charge in [-0.1, -0.05) is 13.0 Å². The molecule has 1 aromatic carbocycles. The van der Waals surface area contributed by atoms with Crippen molar-refractivity contribution >= 4 is 27.1 Å². The summed E-state index contributed by atoms with van der Waals surface area (Å²) in [7, 11) is 0. The molecule has 0 radical (unpaired) electrons. The Labute approximate surface area is 86.0 Å². The summed E-state index contributed by atoms with van der Waals surface area (Å²) in [4.78, 5) is 11.7. The van der Waals surface area contributed by atoms with Gasteiger partial charge in [0.1, 0.15) is 0 Å². The summed E-state index contributed by atoms with van der Waals surface area (Å²) < 4.78 is 1.00. The van der Waals surface area contributed by atoms with E-state index in [4.69, 9.17) is 5.73 Å². The van der Waals surface area contributed by atoms with Crippen LogP contribution >= 0.6 is 11.3 Å². The minimum absolute atomic E-state index is 0.0472. The quantitative estimate of drug-likeness (QED) is 0.776. The van der Waals surface area contributed by atoms with E-state index >= 15 is 0 Å². The molecule has 1 aromatic heterocycles. The third kappa shape index (κ3) is 1.40. The van der Waals surface area contributed by atoms with Crippen LogP contribution in [0.3, 0.4) is 0 Å². The van der Waals surface area contributed by atoms with Gasteiger partial charge in [0.25, 0.3) is 0 Å². The van der Waals surface area contributed by atoms with Crippen molar-refractivity contribution < 1.29 is 0 Å². The Balaban J connectivity index is 2.85. The molecule has 1 heterocycles. The molecule has 0 unspecified atom stereocenters. The van der Waals surface area contributed by atoms with Gasteiger partial charge in [0.2, 0.25) is 5.43 Å². The van der Waals surface area contributed by atoms with Crippen LogP contribution in [-0.4, -0.2) is 0 Å². The molecule has 0 aliphatic carbocycles. The molecule has 0 fully saturated rings. The highest BCUT2D eigenvalue weighted by Gasteiger charge is 2.02. The van der Waals surface area contributed by atoms with Crippen molar-refractivity contribution in [2.45, 2.75) is 13.3 Å². The van der Waals surface area contributed by atoms with Gasteiger partial charge in [-0.05, 0) is 24.1 Å². The predicted molar refractivity (Wildman–Crippen MR) is 61.9 cm³/mol. The zero-order chi connectivity index (χ0) is 10.1. The Morgan fingerprint density at radius 1 is 1.43 bits per heavy atom. The van der Waals surface area contributed by atoms with Crippen molar-refractivity contribution in [2.75, 3.05) is 5.73 Å². The molecule has 72 valence electrons. The molecule has 14 heavy (non-hydrogen) atoms. The van der Waals surface area contributed by atoms with E-state index in [2.05, 4.69) is 13.0 Å². The third-order valence-electron chi connectivity index (χ3n) is 2.27. The van der Waals surface area contributed by atoms with Gasteiger partial charge in [-0.3, -0.25) is 4.79 Å². The summed E-state index contributed by atoms with van der Waals surface area (Å²) in [5.41, 5.74) is 7.04. The fourth-order valence-corrected chi connectivity index (χ4v) is 2.20. The van der Waals surface area contributed by atoms with Gasteiger partial charge in [0, 0.05) is 15.5 Å². The minimum atomic E-state index is -0.0472. The van der Waals surface area contributed by atoms with E-state index in [0.29, 0.717) is 5.69 Å². The number of nitrogens with two attached hydrogens (primary N) is 1. The Morgan fingerprint density at radius 2 is 2.21 bits per heavy atom. The van der Waals surface area contributed by atoms with Gasteiger partial charge >= 0.3 is 0 Å². The molecule has 0 bridgehead atoms. The summed E-state index contributed by atoms with van der Waals surface area (Å²) in [6.07, 6.45) is 0.939. The maximum atomic E-state index is 11.7. The highest BCUT2D eigenvalue weighted by atomic mass is 32.1. The van der Waals surface area contributed by atoms with Crippen LogP contribution in [0, 0.1) is 0 Å². The van der Waals surface area contributed by atoms with Gasteiger partial charge in [-0.15, -0.1) is 11.3 Å². The van der Waals surface area contributed by atoms with Crippen LogP contribution in [0.4, 0.5) is 5.69 Å². The Morgan fingerprint density at radius 3 is 2.93 bits per heavy atom. The lowest BCUT2D eigenvalue weighted by Gasteiger charge is -2.00. The van der Waals surface area contributed by atoms with Crippen molar-refractivity contribution in [2.24, 2.45) is 0 Å². The van der Waals surface area contributed by atoms with Crippen molar-refractivity contribution in [3.63, 3.8) is 0 Å². The Bertz CT molecular complexity index is 530. The summed E-state index contributed by atoms with van der Waals surface area (Å²) in [5.74, 6) is 0. The van der Waals surface area contributed by atoms with Crippen molar-refractivity contribution in [3.8, 4) is 0 Å². The number of fused-ring (bicyclic) bond motifs is 1. The first-order valence-corrected chi connectivity index (χ1v) is 5.40. The molecule has 2 N–H and O–H groups in total. The van der Waals surface area contributed by atoms with E-state index in [1.807, 2.05) is 12.1 Å². The predicted octanol–water partition coefficient (Wildman–Crippen LogP) is 2.41. The van der Waals surface area contributed by atoms with Gasteiger partial charge in [0.05, 0.1) is 5.69 Å². The van der Waals surface area contributed by atoms with Gasteiger partial charge in [-0.2, -0.15) is 0 Å². The fraction of sp³-hybridized carbons (Fsp3) is 0.182. The average Bonchev–Trinajstić information content (AvgIpc) is 2.23. The Kier molecular flexibility index (Phi) is 2.25. The largest absolute Gasteiger partial charge is 0.395 e. The number of rotatable bonds is 1. The van der Waals surface area contributed by atoms with Crippen molar-refractivity contribution in [1.82, 2.24) is 0 Å². The number of hydrogen-bond donors (Lipinski definition) is 1. The first-order valence-electron chi connectivity index (χ1n) is 4.52. The lowest BCUT2D eigenvalue weighted by Crippen LogP contribution is -2.06. The molecule has 0 aliphatic heterocycles. The summed E-state index contributed by atoms with van der Waals surface area (Å²) in [5, 5.41) is 2.45. The minimum Gasteiger partial charge on any atom is -0.395 e. The van der Waals surface area contributed by atoms with Crippen LogP contribution in [0.5, 0.6) is 0 Å². The van der Waals surface area contributed by atoms with Gasteiger partial charge in [-0.25, -0.2) is 0 Å². The Hall–Kier alpha value is -1.35. The van der Waals surface area contributed by atoms with E-state index in [9.17, 15) is 4.79 Å². The maximum Gasteiger partial charge on any atom is 0.210 e. The van der Waals surface area contributed by atoms with Crippen LogP contribution in [0.1, 0.15) is 12.5 Å². The number of anilines is 1. The van der Waals surface area contributed by atoms with Crippen molar-refractivity contribution in [3.05, 3.63) is 39.4 Å². The zero-order valence-electron chi connectivity index (χ0n) is 7.91. The number of benzene rings is 1. The lowest BCUT2D eigenvalue weighted by atomic mass is 10.1. The van der Waals surface area contributed by atoms with E-state index in [-0.39, 0.29) is 5.43 Å². The highest BCUT2D eigenvalue weighted by molar-refractivity contribution is 7.16. The number of hydrogen-bond acceptors (Lipinski definition) is 3. The second-order valence-corrected chi connectivity index (χ2v) is 4.12. The molecule has 3 heteroatoms. The first-order chi connectivity index (χ1) is 6.72. The molecule has 0 saturated heterocycles. The van der Waals surface area contributed by atoms with Crippen molar-refractivity contribution in [1.29, 1.82) is 0 Å². The third-order valence-corrected chi connectivity index (χ3v) is 3.25. The topological polar surface area (TPSA) is 43.1 Å². The highest BCUT2D eigenvalue weighted by Crippen LogP contribution is 2.19. The zero-order valence-corrected chi connectivity index (χ0v) is 8.73. The summed E-state index contributed by atoms with van der Waals surface area (Å²) >= 11 is 1.51. The molecular weight excluding hydrogens is 194 g/mol. The fourth-order valence-electron chi connectivity index (χ4n) is 1.41. The van der Waals surface area contributed by atoms with Gasteiger partial charge in [0.15, 0.2) is 0 Å². The second kappa shape index (κ2) is 3.42. The smallest absolute Gasteiger partial charge is 0.210 e. The summed E-state index contributed by atoms with van der Waals surface area (Å²) in [6.45, 7) is 2.07. The monoisotopic (exact) mass is 205 g/mol. The van der Waals surface area contributed by atoms with Crippen LogP contribution in [0.15, 0.2) is 28.4 Å². The first kappa shape index (κ1) is 9.21.